The summed E-state index contributed by atoms with van der Waals surface area (Å²) in [4.78, 5) is 14.2. The first-order valence-corrected chi connectivity index (χ1v) is 5.53. The van der Waals surface area contributed by atoms with Gasteiger partial charge in [-0.25, -0.2) is 5.84 Å². The Kier molecular flexibility index (Phi) is 3.41. The van der Waals surface area contributed by atoms with Crippen LogP contribution in [0, 0.1) is 10.8 Å². The van der Waals surface area contributed by atoms with Gasteiger partial charge >= 0.3 is 0 Å². The number of hydrogen-bond acceptors (Lipinski definition) is 3. The molecule has 1 amide bonds. The lowest BCUT2D eigenvalue weighted by molar-refractivity contribution is -0.142. The maximum absolute atomic E-state index is 12.0. The molecule has 4 nitrogen and oxygen atoms in total. The van der Waals surface area contributed by atoms with Crippen LogP contribution in [0.2, 0.25) is 0 Å². The lowest BCUT2D eigenvalue weighted by atomic mass is 9.61. The molecule has 0 aromatic carbocycles. The average molecular weight is 213 g/mol. The van der Waals surface area contributed by atoms with Gasteiger partial charge < -0.3 is 4.90 Å². The summed E-state index contributed by atoms with van der Waals surface area (Å²) in [6.45, 7) is 8.28. The molecule has 0 spiro atoms. The zero-order valence-electron chi connectivity index (χ0n) is 10.3. The van der Waals surface area contributed by atoms with Gasteiger partial charge in [-0.05, 0) is 38.4 Å². The van der Waals surface area contributed by atoms with E-state index in [1.807, 2.05) is 0 Å². The summed E-state index contributed by atoms with van der Waals surface area (Å²) < 4.78 is 0. The van der Waals surface area contributed by atoms with Gasteiger partial charge in [-0.1, -0.05) is 20.8 Å². The van der Waals surface area contributed by atoms with Crippen LogP contribution < -0.4 is 11.3 Å². The fourth-order valence-electron chi connectivity index (χ4n) is 2.46. The molecule has 1 saturated heterocycles. The number of hydrazine groups is 1. The van der Waals surface area contributed by atoms with Crippen LogP contribution in [-0.2, 0) is 4.79 Å². The lowest BCUT2D eigenvalue weighted by Crippen LogP contribution is -2.55. The third-order valence-corrected chi connectivity index (χ3v) is 3.84. The molecule has 1 heterocycles. The zero-order chi connectivity index (χ0) is 11.7. The molecule has 1 aliphatic rings. The summed E-state index contributed by atoms with van der Waals surface area (Å²) in [7, 11) is 2.09. The quantitative estimate of drug-likeness (QED) is 0.383. The van der Waals surface area contributed by atoms with Gasteiger partial charge in [0, 0.05) is 0 Å². The second-order valence-corrected chi connectivity index (χ2v) is 5.61. The molecule has 0 saturated carbocycles. The van der Waals surface area contributed by atoms with Crippen molar-refractivity contribution in [3.8, 4) is 0 Å². The zero-order valence-corrected chi connectivity index (χ0v) is 10.3. The second kappa shape index (κ2) is 4.10. The summed E-state index contributed by atoms with van der Waals surface area (Å²) in [6.07, 6.45) is 1.77. The minimum Gasteiger partial charge on any atom is -0.306 e. The highest BCUT2D eigenvalue weighted by Crippen LogP contribution is 2.46. The molecule has 0 radical (unpaired) electrons. The van der Waals surface area contributed by atoms with Crippen molar-refractivity contribution in [3.63, 3.8) is 0 Å². The molecular formula is C11H23N3O. The van der Waals surface area contributed by atoms with Gasteiger partial charge in [-0.3, -0.25) is 10.2 Å². The fourth-order valence-corrected chi connectivity index (χ4v) is 2.46. The van der Waals surface area contributed by atoms with Gasteiger partial charge in [-0.2, -0.15) is 0 Å². The molecule has 15 heavy (non-hydrogen) atoms. The molecule has 0 aromatic heterocycles. The van der Waals surface area contributed by atoms with E-state index in [9.17, 15) is 4.79 Å². The Hall–Kier alpha value is -0.610. The van der Waals surface area contributed by atoms with Crippen LogP contribution in [-0.4, -0.2) is 30.9 Å². The van der Waals surface area contributed by atoms with Gasteiger partial charge in [0.25, 0.3) is 0 Å². The largest absolute Gasteiger partial charge is 0.306 e. The SMILES string of the molecule is CN1CCC(C(=O)NN)(C(C)(C)C)CC1. The Bertz CT molecular complexity index is 237. The van der Waals surface area contributed by atoms with Gasteiger partial charge in [0.15, 0.2) is 0 Å². The highest BCUT2D eigenvalue weighted by Gasteiger charge is 2.49. The van der Waals surface area contributed by atoms with Crippen molar-refractivity contribution in [2.24, 2.45) is 16.7 Å². The molecule has 0 atom stereocenters. The van der Waals surface area contributed by atoms with E-state index in [2.05, 4.69) is 38.1 Å². The van der Waals surface area contributed by atoms with E-state index in [1.54, 1.807) is 0 Å². The highest BCUT2D eigenvalue weighted by atomic mass is 16.2. The van der Waals surface area contributed by atoms with E-state index < -0.39 is 0 Å². The number of nitrogens with zero attached hydrogens (tertiary/aromatic N) is 1. The molecule has 4 heteroatoms. The molecule has 1 rings (SSSR count). The van der Waals surface area contributed by atoms with Crippen LogP contribution in [0.4, 0.5) is 0 Å². The predicted molar refractivity (Wildman–Crippen MR) is 60.9 cm³/mol. The van der Waals surface area contributed by atoms with Gasteiger partial charge in [0.05, 0.1) is 5.41 Å². The van der Waals surface area contributed by atoms with Crippen molar-refractivity contribution >= 4 is 5.91 Å². The molecule has 0 bridgehead atoms. The van der Waals surface area contributed by atoms with Crippen molar-refractivity contribution < 1.29 is 4.79 Å². The predicted octanol–water partition coefficient (Wildman–Crippen LogP) is 0.734. The molecule has 3 N–H and O–H groups in total. The Balaban J connectivity index is 2.93. The topological polar surface area (TPSA) is 58.4 Å². The van der Waals surface area contributed by atoms with Crippen LogP contribution in [0.25, 0.3) is 0 Å². The number of carbonyl (C=O) groups is 1. The Morgan fingerprint density at radius 1 is 1.33 bits per heavy atom. The van der Waals surface area contributed by atoms with Crippen molar-refractivity contribution in [2.45, 2.75) is 33.6 Å². The Labute approximate surface area is 92.2 Å². The monoisotopic (exact) mass is 213 g/mol. The average Bonchev–Trinajstić information content (AvgIpc) is 2.16. The van der Waals surface area contributed by atoms with Gasteiger partial charge in [-0.15, -0.1) is 0 Å². The van der Waals surface area contributed by atoms with E-state index in [0.717, 1.165) is 25.9 Å². The molecule has 1 fully saturated rings. The Morgan fingerprint density at radius 3 is 2.13 bits per heavy atom. The highest BCUT2D eigenvalue weighted by molar-refractivity contribution is 5.83. The number of likely N-dealkylation sites (tertiary alicyclic amines) is 1. The van der Waals surface area contributed by atoms with E-state index in [4.69, 9.17) is 5.84 Å². The maximum Gasteiger partial charge on any atom is 0.240 e. The molecule has 1 aliphatic heterocycles. The molecular weight excluding hydrogens is 190 g/mol. The maximum atomic E-state index is 12.0. The van der Waals surface area contributed by atoms with Crippen LogP contribution in [0.5, 0.6) is 0 Å². The summed E-state index contributed by atoms with van der Waals surface area (Å²) in [5, 5.41) is 0. The number of hydrogen-bond donors (Lipinski definition) is 2. The first-order chi connectivity index (χ1) is 6.83. The van der Waals surface area contributed by atoms with E-state index in [-0.39, 0.29) is 16.7 Å². The molecule has 88 valence electrons. The fraction of sp³-hybridized carbons (Fsp3) is 0.909. The number of amides is 1. The number of nitrogens with two attached hydrogens (primary N) is 1. The lowest BCUT2D eigenvalue weighted by Gasteiger charge is -2.47. The number of rotatable bonds is 1. The molecule has 0 aliphatic carbocycles. The van der Waals surface area contributed by atoms with Crippen LogP contribution in [0.1, 0.15) is 33.6 Å². The van der Waals surface area contributed by atoms with E-state index in [0.29, 0.717) is 0 Å². The van der Waals surface area contributed by atoms with Crippen molar-refractivity contribution in [1.29, 1.82) is 0 Å². The second-order valence-electron chi connectivity index (χ2n) is 5.61. The van der Waals surface area contributed by atoms with E-state index >= 15 is 0 Å². The number of carbonyl (C=O) groups excluding carboxylic acids is 1. The Morgan fingerprint density at radius 2 is 1.80 bits per heavy atom. The first-order valence-electron chi connectivity index (χ1n) is 5.53. The summed E-state index contributed by atoms with van der Waals surface area (Å²) >= 11 is 0. The van der Waals surface area contributed by atoms with Crippen molar-refractivity contribution in [2.75, 3.05) is 20.1 Å². The minimum absolute atomic E-state index is 0.0110. The van der Waals surface area contributed by atoms with Crippen LogP contribution >= 0.6 is 0 Å². The summed E-state index contributed by atoms with van der Waals surface area (Å²) in [6, 6.07) is 0. The van der Waals surface area contributed by atoms with Crippen LogP contribution in [0.15, 0.2) is 0 Å². The molecule has 0 unspecified atom stereocenters. The third-order valence-electron chi connectivity index (χ3n) is 3.84. The smallest absolute Gasteiger partial charge is 0.240 e. The van der Waals surface area contributed by atoms with Crippen molar-refractivity contribution in [1.82, 2.24) is 10.3 Å². The standard InChI is InChI=1S/C11H23N3O/c1-10(2,3)11(9(15)13-12)5-7-14(4)8-6-11/h5-8,12H2,1-4H3,(H,13,15). The van der Waals surface area contributed by atoms with Gasteiger partial charge in [0.2, 0.25) is 5.91 Å². The van der Waals surface area contributed by atoms with Gasteiger partial charge in [0.1, 0.15) is 0 Å². The number of piperidine rings is 1. The summed E-state index contributed by atoms with van der Waals surface area (Å²) in [5.74, 6) is 5.30. The summed E-state index contributed by atoms with van der Waals surface area (Å²) in [5.41, 5.74) is 1.98. The molecule has 0 aromatic rings. The van der Waals surface area contributed by atoms with Crippen LogP contribution in [0.3, 0.4) is 0 Å². The minimum atomic E-state index is -0.311. The first kappa shape index (κ1) is 12.5. The number of nitrogens with one attached hydrogen (secondary N) is 1. The normalized spacial score (nSPS) is 22.5. The third kappa shape index (κ3) is 2.16. The van der Waals surface area contributed by atoms with Crippen molar-refractivity contribution in [3.05, 3.63) is 0 Å². The van der Waals surface area contributed by atoms with E-state index in [1.165, 1.54) is 0 Å².